The maximum absolute atomic E-state index is 11.4. The molecule has 1 rings (SSSR count). The highest BCUT2D eigenvalue weighted by molar-refractivity contribution is 5.71. The van der Waals surface area contributed by atoms with Gasteiger partial charge in [-0.25, -0.2) is 4.79 Å². The van der Waals surface area contributed by atoms with Crippen molar-refractivity contribution in [2.24, 2.45) is 0 Å². The van der Waals surface area contributed by atoms with Crippen LogP contribution in [-0.2, 0) is 4.74 Å². The van der Waals surface area contributed by atoms with E-state index < -0.39 is 12.1 Å². The molecule has 5 heteroatoms. The molecular weight excluding hydrogens is 194 g/mol. The Bertz CT molecular complexity index is 398. The first-order chi connectivity index (χ1) is 7.24. The highest BCUT2D eigenvalue weighted by Crippen LogP contribution is 2.16. The van der Waals surface area contributed by atoms with Gasteiger partial charge >= 0.3 is 6.09 Å². The lowest BCUT2D eigenvalue weighted by Gasteiger charge is -2.24. The van der Waals surface area contributed by atoms with E-state index in [1.165, 1.54) is 18.4 Å². The van der Waals surface area contributed by atoms with Gasteiger partial charge in [-0.1, -0.05) is 0 Å². The molecule has 1 unspecified atom stereocenters. The first-order valence-electron chi connectivity index (χ1n) is 4.37. The predicted octanol–water partition coefficient (Wildman–Crippen LogP) is 1.31. The van der Waals surface area contributed by atoms with E-state index in [1.807, 2.05) is 12.1 Å². The van der Waals surface area contributed by atoms with Gasteiger partial charge in [-0.2, -0.15) is 10.5 Å². The molecule has 1 aliphatic rings. The molecule has 5 nitrogen and oxygen atoms in total. The Morgan fingerprint density at radius 1 is 1.67 bits per heavy atom. The summed E-state index contributed by atoms with van der Waals surface area (Å²) in [5.74, 6) is 0. The van der Waals surface area contributed by atoms with Crippen LogP contribution in [0.4, 0.5) is 4.79 Å². The molecule has 1 amide bonds. The summed E-state index contributed by atoms with van der Waals surface area (Å²) in [6, 6.07) is 2.86. The SMILES string of the molecule is CCOC(=O)N1C=CC=C(C#N)C1C#N. The molecule has 0 N–H and O–H groups in total. The third kappa shape index (κ3) is 2.15. The van der Waals surface area contributed by atoms with Crippen LogP contribution in [0.15, 0.2) is 23.9 Å². The van der Waals surface area contributed by atoms with Crippen LogP contribution >= 0.6 is 0 Å². The van der Waals surface area contributed by atoms with Crippen LogP contribution < -0.4 is 0 Å². The van der Waals surface area contributed by atoms with Crippen molar-refractivity contribution in [2.75, 3.05) is 6.61 Å². The van der Waals surface area contributed by atoms with Gasteiger partial charge in [0.15, 0.2) is 6.04 Å². The summed E-state index contributed by atoms with van der Waals surface area (Å²) in [4.78, 5) is 12.5. The van der Waals surface area contributed by atoms with Gasteiger partial charge < -0.3 is 4.74 Å². The molecule has 0 spiro atoms. The van der Waals surface area contributed by atoms with Crippen LogP contribution in [0.5, 0.6) is 0 Å². The van der Waals surface area contributed by atoms with Crippen molar-refractivity contribution in [1.29, 1.82) is 10.5 Å². The Kier molecular flexibility index (Phi) is 3.48. The predicted molar refractivity (Wildman–Crippen MR) is 51.1 cm³/mol. The topological polar surface area (TPSA) is 77.1 Å². The fourth-order valence-corrected chi connectivity index (χ4v) is 1.16. The minimum Gasteiger partial charge on any atom is -0.449 e. The minimum absolute atomic E-state index is 0.229. The standard InChI is InChI=1S/C10H9N3O2/c1-2-15-10(14)13-5-3-4-8(6-11)9(13)7-12/h3-5,9H,2H2,1H3. The molecular formula is C10H9N3O2. The summed E-state index contributed by atoms with van der Waals surface area (Å²) in [5.41, 5.74) is 0.230. The molecule has 0 saturated carbocycles. The van der Waals surface area contributed by atoms with Crippen molar-refractivity contribution in [3.8, 4) is 12.1 Å². The Morgan fingerprint density at radius 2 is 2.40 bits per heavy atom. The maximum atomic E-state index is 11.4. The van der Waals surface area contributed by atoms with Crippen LogP contribution in [0.1, 0.15) is 6.92 Å². The zero-order valence-electron chi connectivity index (χ0n) is 8.17. The van der Waals surface area contributed by atoms with Crippen LogP contribution in [0, 0.1) is 22.7 Å². The number of hydrogen-bond donors (Lipinski definition) is 0. The molecule has 76 valence electrons. The second kappa shape index (κ2) is 4.83. The lowest BCUT2D eigenvalue weighted by molar-refractivity contribution is 0.119. The van der Waals surface area contributed by atoms with Crippen molar-refractivity contribution in [2.45, 2.75) is 13.0 Å². The summed E-state index contributed by atoms with van der Waals surface area (Å²) in [5, 5.41) is 17.6. The number of nitrogens with zero attached hydrogens (tertiary/aromatic N) is 3. The Morgan fingerprint density at radius 3 is 2.93 bits per heavy atom. The second-order valence-electron chi connectivity index (χ2n) is 2.71. The maximum Gasteiger partial charge on any atom is 0.415 e. The molecule has 0 aromatic heterocycles. The fraction of sp³-hybridized carbons (Fsp3) is 0.300. The van der Waals surface area contributed by atoms with Gasteiger partial charge in [-0.05, 0) is 19.1 Å². The Hall–Kier alpha value is -2.27. The molecule has 15 heavy (non-hydrogen) atoms. The summed E-state index contributed by atoms with van der Waals surface area (Å²) < 4.78 is 4.75. The molecule has 0 radical (unpaired) electrons. The zero-order chi connectivity index (χ0) is 11.3. The largest absolute Gasteiger partial charge is 0.449 e. The van der Waals surface area contributed by atoms with E-state index in [4.69, 9.17) is 15.3 Å². The molecule has 0 aromatic carbocycles. The van der Waals surface area contributed by atoms with E-state index >= 15 is 0 Å². The van der Waals surface area contributed by atoms with Gasteiger partial charge in [0.25, 0.3) is 0 Å². The van der Waals surface area contributed by atoms with Crippen molar-refractivity contribution in [3.05, 3.63) is 23.9 Å². The third-order valence-electron chi connectivity index (χ3n) is 1.83. The zero-order valence-corrected chi connectivity index (χ0v) is 8.17. The molecule has 1 aliphatic heterocycles. The molecule has 0 aliphatic carbocycles. The number of rotatable bonds is 1. The van der Waals surface area contributed by atoms with Crippen molar-refractivity contribution >= 4 is 6.09 Å². The number of amides is 1. The van der Waals surface area contributed by atoms with Gasteiger partial charge in [0.2, 0.25) is 0 Å². The van der Waals surface area contributed by atoms with E-state index in [2.05, 4.69) is 0 Å². The number of nitriles is 2. The molecule has 0 saturated heterocycles. The van der Waals surface area contributed by atoms with Gasteiger partial charge in [-0.15, -0.1) is 0 Å². The summed E-state index contributed by atoms with van der Waals surface area (Å²) in [6.07, 6.45) is 3.83. The smallest absolute Gasteiger partial charge is 0.415 e. The fourth-order valence-electron chi connectivity index (χ4n) is 1.16. The van der Waals surface area contributed by atoms with Gasteiger partial charge in [0.1, 0.15) is 0 Å². The lowest BCUT2D eigenvalue weighted by Crippen LogP contribution is -2.38. The van der Waals surface area contributed by atoms with E-state index in [9.17, 15) is 4.79 Å². The molecule has 0 fully saturated rings. The average molecular weight is 203 g/mol. The van der Waals surface area contributed by atoms with Gasteiger partial charge in [0.05, 0.1) is 24.3 Å². The number of ether oxygens (including phenoxy) is 1. The first-order valence-corrected chi connectivity index (χ1v) is 4.37. The minimum atomic E-state index is -0.890. The number of carbonyl (C=O) groups is 1. The third-order valence-corrected chi connectivity index (χ3v) is 1.83. The monoisotopic (exact) mass is 203 g/mol. The van der Waals surface area contributed by atoms with Crippen molar-refractivity contribution < 1.29 is 9.53 Å². The molecule has 1 atom stereocenters. The number of hydrogen-bond acceptors (Lipinski definition) is 4. The number of carbonyl (C=O) groups excluding carboxylic acids is 1. The van der Waals surface area contributed by atoms with Crippen LogP contribution in [0.2, 0.25) is 0 Å². The van der Waals surface area contributed by atoms with Crippen LogP contribution in [0.25, 0.3) is 0 Å². The van der Waals surface area contributed by atoms with Crippen LogP contribution in [-0.4, -0.2) is 23.6 Å². The Balaban J connectivity index is 2.90. The summed E-state index contributed by atoms with van der Waals surface area (Å²) in [6.45, 7) is 1.90. The van der Waals surface area contributed by atoms with Gasteiger partial charge in [-0.3, -0.25) is 4.90 Å². The molecule has 0 aromatic rings. The van der Waals surface area contributed by atoms with E-state index in [1.54, 1.807) is 6.92 Å². The quantitative estimate of drug-likeness (QED) is 0.643. The van der Waals surface area contributed by atoms with Crippen molar-refractivity contribution in [3.63, 3.8) is 0 Å². The number of allylic oxidation sites excluding steroid dienone is 2. The lowest BCUT2D eigenvalue weighted by atomic mass is 10.1. The Labute approximate surface area is 87.5 Å². The van der Waals surface area contributed by atoms with E-state index in [0.29, 0.717) is 0 Å². The average Bonchev–Trinajstić information content (AvgIpc) is 2.28. The van der Waals surface area contributed by atoms with Gasteiger partial charge in [0, 0.05) is 6.20 Å². The summed E-state index contributed by atoms with van der Waals surface area (Å²) >= 11 is 0. The highest BCUT2D eigenvalue weighted by atomic mass is 16.6. The highest BCUT2D eigenvalue weighted by Gasteiger charge is 2.27. The molecule has 1 heterocycles. The first kappa shape index (κ1) is 10.8. The summed E-state index contributed by atoms with van der Waals surface area (Å²) in [7, 11) is 0. The van der Waals surface area contributed by atoms with E-state index in [0.717, 1.165) is 4.90 Å². The normalized spacial score (nSPS) is 18.7. The van der Waals surface area contributed by atoms with Crippen LogP contribution in [0.3, 0.4) is 0 Å². The second-order valence-corrected chi connectivity index (χ2v) is 2.71. The molecule has 0 bridgehead atoms. The van der Waals surface area contributed by atoms with Crippen molar-refractivity contribution in [1.82, 2.24) is 4.90 Å². The van der Waals surface area contributed by atoms with E-state index in [-0.39, 0.29) is 12.2 Å².